The minimum atomic E-state index is -4.10. The summed E-state index contributed by atoms with van der Waals surface area (Å²) in [6, 6.07) is 4.81. The van der Waals surface area contributed by atoms with Crippen LogP contribution in [0.4, 0.5) is 15.9 Å². The molecule has 0 bridgehead atoms. The van der Waals surface area contributed by atoms with Gasteiger partial charge in [0.15, 0.2) is 0 Å². The molecule has 2 fully saturated rings. The number of nitrogens with one attached hydrogen (secondary N) is 3. The minimum Gasteiger partial charge on any atom is -0.380 e. The van der Waals surface area contributed by atoms with Gasteiger partial charge in [0.1, 0.15) is 22.9 Å². The highest BCUT2D eigenvalue weighted by Crippen LogP contribution is 2.45. The number of anilines is 2. The third kappa shape index (κ3) is 4.73. The van der Waals surface area contributed by atoms with Crippen LogP contribution >= 0.6 is 0 Å². The molecule has 0 radical (unpaired) electrons. The molecule has 0 aliphatic heterocycles. The molecule has 3 N–H and O–H groups in total. The van der Waals surface area contributed by atoms with Crippen LogP contribution in [0, 0.1) is 5.82 Å². The first-order chi connectivity index (χ1) is 14.5. The van der Waals surface area contributed by atoms with Crippen LogP contribution in [0.1, 0.15) is 56.9 Å². The van der Waals surface area contributed by atoms with Gasteiger partial charge < -0.3 is 10.6 Å². The smallest absolute Gasteiger partial charge is 0.265 e. The number of rotatable bonds is 8. The fraction of sp³-hybridized carbons (Fsp3) is 0.524. The van der Waals surface area contributed by atoms with Gasteiger partial charge in [-0.1, -0.05) is 19.8 Å². The van der Waals surface area contributed by atoms with Gasteiger partial charge in [0.2, 0.25) is 0 Å². The Bertz CT molecular complexity index is 980. The summed E-state index contributed by atoms with van der Waals surface area (Å²) < 4.78 is 43.0. The standard InChI is InChI=1S/C21H28FN5O2S/c1-2-24-17-5-3-4-6-18(17)26-19-12-16(22)20(11-15(19)14-7-8-14)30(28,29)27-21-9-10-23-13-25-21/h9-14,17-18,24,26H,2-8H2,1H3,(H,23,25,27)/t17-,18-/m0/s1. The average molecular weight is 434 g/mol. The van der Waals surface area contributed by atoms with Crippen LogP contribution in [-0.2, 0) is 10.0 Å². The third-order valence-electron chi connectivity index (χ3n) is 5.80. The number of benzene rings is 1. The summed E-state index contributed by atoms with van der Waals surface area (Å²) in [5, 5.41) is 7.06. The van der Waals surface area contributed by atoms with E-state index in [0.717, 1.165) is 44.2 Å². The van der Waals surface area contributed by atoms with Gasteiger partial charge in [-0.3, -0.25) is 4.72 Å². The quantitative estimate of drug-likeness (QED) is 0.588. The van der Waals surface area contributed by atoms with E-state index in [4.69, 9.17) is 0 Å². The third-order valence-corrected chi connectivity index (χ3v) is 7.17. The molecule has 30 heavy (non-hydrogen) atoms. The highest BCUT2D eigenvalue weighted by molar-refractivity contribution is 7.92. The molecule has 0 amide bonds. The summed E-state index contributed by atoms with van der Waals surface area (Å²) in [4.78, 5) is 7.28. The normalized spacial score (nSPS) is 21.9. The molecule has 2 aliphatic rings. The lowest BCUT2D eigenvalue weighted by atomic mass is 9.89. The van der Waals surface area contributed by atoms with Crippen molar-refractivity contribution in [3.63, 3.8) is 0 Å². The molecule has 2 saturated carbocycles. The molecule has 2 atom stereocenters. The summed E-state index contributed by atoms with van der Waals surface area (Å²) in [6.07, 6.45) is 9.06. The molecule has 1 aromatic carbocycles. The number of nitrogens with zero attached hydrogens (tertiary/aromatic N) is 2. The van der Waals surface area contributed by atoms with Crippen molar-refractivity contribution < 1.29 is 12.8 Å². The Morgan fingerprint density at radius 2 is 1.90 bits per heavy atom. The number of sulfonamides is 1. The minimum absolute atomic E-state index is 0.107. The Hall–Kier alpha value is -2.26. The van der Waals surface area contributed by atoms with Crippen molar-refractivity contribution in [1.82, 2.24) is 15.3 Å². The van der Waals surface area contributed by atoms with Gasteiger partial charge in [0, 0.05) is 24.0 Å². The predicted molar refractivity (Wildman–Crippen MR) is 115 cm³/mol. The zero-order valence-corrected chi connectivity index (χ0v) is 17.9. The SMILES string of the molecule is CCN[C@H]1CCCC[C@@H]1Nc1cc(F)c(S(=O)(=O)Nc2ccncn2)cc1C1CC1. The second-order valence-corrected chi connectivity index (χ2v) is 9.69. The lowest BCUT2D eigenvalue weighted by molar-refractivity contribution is 0.349. The van der Waals surface area contributed by atoms with E-state index in [-0.39, 0.29) is 22.7 Å². The first kappa shape index (κ1) is 21.0. The molecule has 0 spiro atoms. The summed E-state index contributed by atoms with van der Waals surface area (Å²) >= 11 is 0. The molecule has 1 heterocycles. The van der Waals surface area contributed by atoms with Gasteiger partial charge in [-0.25, -0.2) is 22.8 Å². The molecule has 7 nitrogen and oxygen atoms in total. The summed E-state index contributed by atoms with van der Waals surface area (Å²) in [5.74, 6) is -0.392. The van der Waals surface area contributed by atoms with Crippen LogP contribution in [0.2, 0.25) is 0 Å². The van der Waals surface area contributed by atoms with Crippen LogP contribution in [0.5, 0.6) is 0 Å². The maximum absolute atomic E-state index is 15.0. The zero-order valence-electron chi connectivity index (χ0n) is 17.1. The van der Waals surface area contributed by atoms with E-state index in [1.807, 2.05) is 0 Å². The van der Waals surface area contributed by atoms with E-state index < -0.39 is 15.8 Å². The molecule has 2 aromatic rings. The van der Waals surface area contributed by atoms with Crippen LogP contribution in [0.15, 0.2) is 35.6 Å². The number of hydrogen-bond acceptors (Lipinski definition) is 6. The van der Waals surface area contributed by atoms with Crippen molar-refractivity contribution in [3.05, 3.63) is 42.1 Å². The van der Waals surface area contributed by atoms with Gasteiger partial charge in [-0.05, 0) is 61.9 Å². The molecule has 162 valence electrons. The number of aromatic nitrogens is 2. The lowest BCUT2D eigenvalue weighted by Gasteiger charge is -2.34. The molecule has 1 aromatic heterocycles. The van der Waals surface area contributed by atoms with E-state index in [0.29, 0.717) is 11.7 Å². The van der Waals surface area contributed by atoms with Crippen molar-refractivity contribution in [1.29, 1.82) is 0 Å². The number of hydrogen-bond donors (Lipinski definition) is 3. The molecule has 2 aliphatic carbocycles. The first-order valence-corrected chi connectivity index (χ1v) is 12.1. The zero-order chi connectivity index (χ0) is 21.1. The largest absolute Gasteiger partial charge is 0.380 e. The Balaban J connectivity index is 1.63. The molecular weight excluding hydrogens is 405 g/mol. The van der Waals surface area contributed by atoms with Gasteiger partial charge in [-0.2, -0.15) is 0 Å². The van der Waals surface area contributed by atoms with Gasteiger partial charge in [0.05, 0.1) is 0 Å². The number of halogens is 1. The van der Waals surface area contributed by atoms with Crippen molar-refractivity contribution >= 4 is 21.5 Å². The summed E-state index contributed by atoms with van der Waals surface area (Å²) in [6.45, 7) is 2.98. The lowest BCUT2D eigenvalue weighted by Crippen LogP contribution is -2.46. The first-order valence-electron chi connectivity index (χ1n) is 10.6. The van der Waals surface area contributed by atoms with E-state index in [1.54, 1.807) is 0 Å². The molecule has 0 unspecified atom stereocenters. The van der Waals surface area contributed by atoms with Crippen LogP contribution in [-0.4, -0.2) is 37.0 Å². The van der Waals surface area contributed by atoms with Crippen LogP contribution < -0.4 is 15.4 Å². The highest BCUT2D eigenvalue weighted by atomic mass is 32.2. The second-order valence-electron chi connectivity index (χ2n) is 8.04. The Labute approximate surface area is 177 Å². The molecule has 4 rings (SSSR count). The summed E-state index contributed by atoms with van der Waals surface area (Å²) in [5.41, 5.74) is 1.59. The van der Waals surface area contributed by atoms with Crippen LogP contribution in [0.25, 0.3) is 0 Å². The molecule has 0 saturated heterocycles. The van der Waals surface area contributed by atoms with Gasteiger partial charge >= 0.3 is 0 Å². The highest BCUT2D eigenvalue weighted by Gasteiger charge is 2.32. The van der Waals surface area contributed by atoms with E-state index in [9.17, 15) is 8.42 Å². The molecule has 9 heteroatoms. The summed E-state index contributed by atoms with van der Waals surface area (Å²) in [7, 11) is -4.10. The molecular formula is C21H28FN5O2S. The van der Waals surface area contributed by atoms with Crippen molar-refractivity contribution in [2.45, 2.75) is 68.3 Å². The van der Waals surface area contributed by atoms with Gasteiger partial charge in [-0.15, -0.1) is 0 Å². The Morgan fingerprint density at radius 1 is 1.13 bits per heavy atom. The number of likely N-dealkylation sites (N-methyl/N-ethyl adjacent to an activating group) is 1. The van der Waals surface area contributed by atoms with Crippen molar-refractivity contribution in [2.75, 3.05) is 16.6 Å². The maximum Gasteiger partial charge on any atom is 0.265 e. The van der Waals surface area contributed by atoms with E-state index >= 15 is 4.39 Å². The Morgan fingerprint density at radius 3 is 2.57 bits per heavy atom. The Kier molecular flexibility index (Phi) is 6.19. The fourth-order valence-electron chi connectivity index (χ4n) is 4.19. The average Bonchev–Trinajstić information content (AvgIpc) is 3.55. The predicted octanol–water partition coefficient (Wildman–Crippen LogP) is 3.63. The second kappa shape index (κ2) is 8.85. The monoisotopic (exact) mass is 433 g/mol. The topological polar surface area (TPSA) is 96.0 Å². The maximum atomic E-state index is 15.0. The van der Waals surface area contributed by atoms with Crippen LogP contribution in [0.3, 0.4) is 0 Å². The van der Waals surface area contributed by atoms with Gasteiger partial charge in [0.25, 0.3) is 10.0 Å². The van der Waals surface area contributed by atoms with E-state index in [2.05, 4.69) is 32.2 Å². The van der Waals surface area contributed by atoms with Crippen molar-refractivity contribution in [2.24, 2.45) is 0 Å². The van der Waals surface area contributed by atoms with E-state index in [1.165, 1.54) is 37.1 Å². The van der Waals surface area contributed by atoms with Crippen molar-refractivity contribution in [3.8, 4) is 0 Å². The fourth-order valence-corrected chi connectivity index (χ4v) is 5.29.